The van der Waals surface area contributed by atoms with E-state index in [9.17, 15) is 0 Å². The van der Waals surface area contributed by atoms with E-state index in [1.54, 1.807) is 0 Å². The van der Waals surface area contributed by atoms with Gasteiger partial charge in [-0.25, -0.2) is 0 Å². The summed E-state index contributed by atoms with van der Waals surface area (Å²) in [5, 5.41) is 0. The summed E-state index contributed by atoms with van der Waals surface area (Å²) in [5.41, 5.74) is 1.35. The van der Waals surface area contributed by atoms with Crippen LogP contribution in [0.4, 0.5) is 0 Å². The van der Waals surface area contributed by atoms with Crippen LogP contribution in [0.2, 0.25) is 0 Å². The Balaban J connectivity index is 0. The van der Waals surface area contributed by atoms with Gasteiger partial charge in [-0.1, -0.05) is 90.5 Å². The van der Waals surface area contributed by atoms with Gasteiger partial charge in [0.15, 0.2) is 0 Å². The predicted molar refractivity (Wildman–Crippen MR) is 91.5 cm³/mol. The Morgan fingerprint density at radius 1 is 0.368 bits per heavy atom. The van der Waals surface area contributed by atoms with Gasteiger partial charge in [0.2, 0.25) is 0 Å². The molecule has 0 saturated carbocycles. The number of hydrogen-bond donors (Lipinski definition) is 0. The van der Waals surface area contributed by atoms with Crippen LogP contribution in [0.25, 0.3) is 0 Å². The molecule has 0 rings (SSSR count). The third kappa shape index (κ3) is 5.88. The fourth-order valence-electron chi connectivity index (χ4n) is 4.60. The summed E-state index contributed by atoms with van der Waals surface area (Å²) in [5.74, 6) is 1.40. The molecule has 0 heteroatoms. The van der Waals surface area contributed by atoms with E-state index < -0.39 is 0 Å². The molecule has 19 heavy (non-hydrogen) atoms. The quantitative estimate of drug-likeness (QED) is 0.479. The lowest BCUT2D eigenvalue weighted by atomic mass is 9.50. The molecule has 0 heterocycles. The van der Waals surface area contributed by atoms with E-state index >= 15 is 0 Å². The average molecular weight is 271 g/mol. The molecule has 0 atom stereocenters. The van der Waals surface area contributed by atoms with Crippen molar-refractivity contribution in [1.29, 1.82) is 0 Å². The van der Waals surface area contributed by atoms with Crippen molar-refractivity contribution in [3.8, 4) is 0 Å². The average Bonchev–Trinajstić information content (AvgIpc) is 1.89. The van der Waals surface area contributed by atoms with Crippen LogP contribution in [0, 0.1) is 33.5 Å². The lowest BCUT2D eigenvalue weighted by molar-refractivity contribution is -0.0658. The summed E-state index contributed by atoms with van der Waals surface area (Å²) >= 11 is 0. The highest BCUT2D eigenvalue weighted by atomic mass is 14.5. The maximum atomic E-state index is 2.41. The fraction of sp³-hybridized carbons (Fsp3) is 1.00. The predicted octanol–water partition coefficient (Wildman–Crippen LogP) is 7.04. The van der Waals surface area contributed by atoms with Gasteiger partial charge in [0.1, 0.15) is 0 Å². The minimum Gasteiger partial charge on any atom is -0.0776 e. The van der Waals surface area contributed by atoms with Crippen LogP contribution in [0.5, 0.6) is 0 Å². The van der Waals surface area contributed by atoms with Crippen molar-refractivity contribution >= 4 is 0 Å². The summed E-state index contributed by atoms with van der Waals surface area (Å²) < 4.78 is 0. The van der Waals surface area contributed by atoms with Crippen LogP contribution in [0.1, 0.15) is 90.5 Å². The van der Waals surface area contributed by atoms with E-state index in [4.69, 9.17) is 0 Å². The molecule has 0 aliphatic rings. The van der Waals surface area contributed by atoms with Crippen LogP contribution in [0.15, 0.2) is 0 Å². The molecule has 0 bridgehead atoms. The van der Waals surface area contributed by atoms with E-state index in [1.165, 1.54) is 0 Å². The number of hydrogen-bond acceptors (Lipinski definition) is 0. The van der Waals surface area contributed by atoms with E-state index in [0.717, 1.165) is 0 Å². The molecule has 0 aromatic rings. The van der Waals surface area contributed by atoms with Crippen LogP contribution in [-0.4, -0.2) is 0 Å². The van der Waals surface area contributed by atoms with E-state index in [-0.39, 0.29) is 7.43 Å². The van der Waals surface area contributed by atoms with Gasteiger partial charge >= 0.3 is 0 Å². The van der Waals surface area contributed by atoms with Crippen molar-refractivity contribution in [1.82, 2.24) is 0 Å². The Morgan fingerprint density at radius 2 is 0.474 bits per heavy atom. The molecule has 0 aliphatic carbocycles. The summed E-state index contributed by atoms with van der Waals surface area (Å²) in [7, 11) is 0. The molecule has 0 spiro atoms. The topological polar surface area (TPSA) is 0 Å². The summed E-state index contributed by atoms with van der Waals surface area (Å²) in [6, 6.07) is 0. The molecule has 0 unspecified atom stereocenters. The minimum absolute atomic E-state index is 0. The molecule has 0 aromatic carbocycles. The first-order chi connectivity index (χ1) is 7.49. The van der Waals surface area contributed by atoms with Gasteiger partial charge in [0.05, 0.1) is 0 Å². The van der Waals surface area contributed by atoms with Crippen molar-refractivity contribution in [3.63, 3.8) is 0 Å². The standard InChI is InChI=1S/C18H38.CH4/c1-15(2,3)13(16(4,5)6)14(17(7,8)9)18(10,11)12;/h13-14H,1-12H3;1H4. The Hall–Kier alpha value is 0. The second-order valence-corrected chi connectivity index (χ2v) is 10.4. The Morgan fingerprint density at radius 3 is 0.526 bits per heavy atom. The number of rotatable bonds is 1. The SMILES string of the molecule is C.CC(C)(C)C(C(C(C)(C)C)C(C)(C)C)C(C)(C)C. The van der Waals surface area contributed by atoms with Crippen LogP contribution in [0.3, 0.4) is 0 Å². The van der Waals surface area contributed by atoms with Crippen LogP contribution >= 0.6 is 0 Å². The molecular weight excluding hydrogens is 228 g/mol. The molecular formula is C19H42. The van der Waals surface area contributed by atoms with Gasteiger partial charge in [-0.15, -0.1) is 0 Å². The van der Waals surface area contributed by atoms with Gasteiger partial charge in [0.25, 0.3) is 0 Å². The first-order valence-corrected chi connectivity index (χ1v) is 7.49. The summed E-state index contributed by atoms with van der Waals surface area (Å²) in [6.45, 7) is 28.9. The lowest BCUT2D eigenvalue weighted by Gasteiger charge is -2.55. The molecule has 0 aromatic heterocycles. The van der Waals surface area contributed by atoms with Crippen LogP contribution in [-0.2, 0) is 0 Å². The monoisotopic (exact) mass is 270 g/mol. The van der Waals surface area contributed by atoms with Crippen molar-refractivity contribution < 1.29 is 0 Å². The highest BCUT2D eigenvalue weighted by Gasteiger charge is 2.49. The van der Waals surface area contributed by atoms with Gasteiger partial charge in [-0.2, -0.15) is 0 Å². The van der Waals surface area contributed by atoms with E-state index in [2.05, 4.69) is 83.1 Å². The molecule has 0 amide bonds. The first kappa shape index (κ1) is 21.3. The second-order valence-electron chi connectivity index (χ2n) is 10.4. The normalized spacial score (nSPS) is 14.8. The van der Waals surface area contributed by atoms with Gasteiger partial charge in [-0.3, -0.25) is 0 Å². The summed E-state index contributed by atoms with van der Waals surface area (Å²) in [6.07, 6.45) is 0. The lowest BCUT2D eigenvalue weighted by Crippen LogP contribution is -2.48. The fourth-order valence-corrected chi connectivity index (χ4v) is 4.60. The zero-order chi connectivity index (χ0) is 15.2. The van der Waals surface area contributed by atoms with Crippen molar-refractivity contribution in [2.45, 2.75) is 90.5 Å². The van der Waals surface area contributed by atoms with E-state index in [1.807, 2.05) is 0 Å². The smallest absolute Gasteiger partial charge is 0.0278 e. The van der Waals surface area contributed by atoms with Crippen molar-refractivity contribution in [2.75, 3.05) is 0 Å². The second kappa shape index (κ2) is 5.78. The maximum Gasteiger partial charge on any atom is -0.0278 e. The molecule has 0 N–H and O–H groups in total. The van der Waals surface area contributed by atoms with E-state index in [0.29, 0.717) is 33.5 Å². The van der Waals surface area contributed by atoms with Crippen molar-refractivity contribution in [2.24, 2.45) is 33.5 Å². The van der Waals surface area contributed by atoms with Gasteiger partial charge in [-0.05, 0) is 33.5 Å². The Kier molecular flexibility index (Phi) is 6.48. The van der Waals surface area contributed by atoms with Gasteiger partial charge < -0.3 is 0 Å². The van der Waals surface area contributed by atoms with Crippen LogP contribution < -0.4 is 0 Å². The zero-order valence-corrected chi connectivity index (χ0v) is 15.2. The highest BCUT2D eigenvalue weighted by molar-refractivity contribution is 4.97. The van der Waals surface area contributed by atoms with Crippen molar-refractivity contribution in [3.05, 3.63) is 0 Å². The largest absolute Gasteiger partial charge is 0.0776 e. The molecule has 0 nitrogen and oxygen atoms in total. The highest BCUT2D eigenvalue weighted by Crippen LogP contribution is 2.56. The molecule has 0 saturated heterocycles. The first-order valence-electron chi connectivity index (χ1n) is 7.49. The van der Waals surface area contributed by atoms with Gasteiger partial charge in [0, 0.05) is 0 Å². The molecule has 0 radical (unpaired) electrons. The Bertz CT molecular complexity index is 198. The third-order valence-electron chi connectivity index (χ3n) is 4.07. The molecule has 118 valence electrons. The summed E-state index contributed by atoms with van der Waals surface area (Å²) in [4.78, 5) is 0. The maximum absolute atomic E-state index is 2.41. The minimum atomic E-state index is 0. The molecule has 0 aliphatic heterocycles. The Labute approximate surface area is 124 Å². The molecule has 0 fully saturated rings. The zero-order valence-electron chi connectivity index (χ0n) is 15.2. The third-order valence-corrected chi connectivity index (χ3v) is 4.07.